The van der Waals surface area contributed by atoms with Crippen molar-refractivity contribution in [3.05, 3.63) is 81.5 Å². The predicted molar refractivity (Wildman–Crippen MR) is 130 cm³/mol. The number of carbonyl (C=O) groups excluding carboxylic acids is 1. The highest BCUT2D eigenvalue weighted by Gasteiger charge is 2.30. The summed E-state index contributed by atoms with van der Waals surface area (Å²) in [5.74, 6) is 2.70. The second-order valence-electron chi connectivity index (χ2n) is 7.90. The molecule has 1 fully saturated rings. The van der Waals surface area contributed by atoms with Gasteiger partial charge in [0.1, 0.15) is 0 Å². The molecule has 1 saturated heterocycles. The van der Waals surface area contributed by atoms with Crippen molar-refractivity contribution in [1.82, 2.24) is 15.1 Å². The summed E-state index contributed by atoms with van der Waals surface area (Å²) in [6.07, 6.45) is 8.09. The summed E-state index contributed by atoms with van der Waals surface area (Å²) >= 11 is 12.0. The molecule has 1 N–H and O–H groups in total. The topological polar surface area (TPSA) is 47.9 Å². The smallest absolute Gasteiger partial charge is 0.254 e. The van der Waals surface area contributed by atoms with E-state index in [1.54, 1.807) is 24.3 Å². The van der Waals surface area contributed by atoms with Crippen LogP contribution in [0.15, 0.2) is 65.3 Å². The van der Waals surface area contributed by atoms with E-state index in [1.807, 2.05) is 40.3 Å². The number of terminal acetylenes is 1. The summed E-state index contributed by atoms with van der Waals surface area (Å²) in [6, 6.07) is 14.8. The number of piperidine rings is 1. The highest BCUT2D eigenvalue weighted by molar-refractivity contribution is 6.30. The third-order valence-corrected chi connectivity index (χ3v) is 6.19. The Morgan fingerprint density at radius 1 is 1.19 bits per heavy atom. The molecule has 0 spiro atoms. The first kappa shape index (κ1) is 22.4. The van der Waals surface area contributed by atoms with E-state index in [9.17, 15) is 4.79 Å². The zero-order valence-electron chi connectivity index (χ0n) is 17.8. The van der Waals surface area contributed by atoms with Crippen molar-refractivity contribution in [2.24, 2.45) is 4.99 Å². The SMILES string of the molecule is C#CCN1C=C2CN(C(=O)c3ccc(Cl)cc3)CCC2=N[C@H]1NC(C)c1ccc(Cl)cc1. The second kappa shape index (κ2) is 9.79. The summed E-state index contributed by atoms with van der Waals surface area (Å²) in [7, 11) is 0. The first-order chi connectivity index (χ1) is 15.4. The van der Waals surface area contributed by atoms with Crippen LogP contribution in [0.3, 0.4) is 0 Å². The van der Waals surface area contributed by atoms with Gasteiger partial charge in [-0.1, -0.05) is 41.3 Å². The minimum Gasteiger partial charge on any atom is -0.334 e. The van der Waals surface area contributed by atoms with Crippen molar-refractivity contribution in [2.75, 3.05) is 19.6 Å². The number of aliphatic imine (C=N–C) groups is 1. The highest BCUT2D eigenvalue weighted by Crippen LogP contribution is 2.24. The molecular formula is C25H24Cl2N4O. The lowest BCUT2D eigenvalue weighted by Crippen LogP contribution is -2.49. The maximum absolute atomic E-state index is 12.9. The lowest BCUT2D eigenvalue weighted by molar-refractivity contribution is 0.0767. The molecule has 0 aliphatic carbocycles. The summed E-state index contributed by atoms with van der Waals surface area (Å²) in [4.78, 5) is 21.7. The summed E-state index contributed by atoms with van der Waals surface area (Å²) < 4.78 is 0. The molecule has 2 aromatic carbocycles. The first-order valence-corrected chi connectivity index (χ1v) is 11.2. The number of hydrogen-bond acceptors (Lipinski definition) is 4. The Labute approximate surface area is 198 Å². The van der Waals surface area contributed by atoms with Crippen LogP contribution in [0.5, 0.6) is 0 Å². The molecule has 1 unspecified atom stereocenters. The minimum atomic E-state index is -0.269. The number of fused-ring (bicyclic) bond motifs is 1. The second-order valence-corrected chi connectivity index (χ2v) is 8.78. The van der Waals surface area contributed by atoms with Crippen molar-refractivity contribution >= 4 is 34.8 Å². The number of likely N-dealkylation sites (tertiary alicyclic amines) is 1. The number of carbonyl (C=O) groups is 1. The largest absolute Gasteiger partial charge is 0.334 e. The van der Waals surface area contributed by atoms with E-state index < -0.39 is 0 Å². The third-order valence-electron chi connectivity index (χ3n) is 5.69. The molecule has 0 saturated carbocycles. The van der Waals surface area contributed by atoms with Gasteiger partial charge < -0.3 is 9.80 Å². The van der Waals surface area contributed by atoms with Crippen LogP contribution in [0.1, 0.15) is 35.3 Å². The Balaban J connectivity index is 1.49. The lowest BCUT2D eigenvalue weighted by atomic mass is 10.0. The maximum atomic E-state index is 12.9. The standard InChI is InChI=1S/C25H24Cl2N4O/c1-3-13-31-16-20-15-30(24(32)19-6-10-22(27)11-7-19)14-12-23(20)29-25(31)28-17(2)18-4-8-21(26)9-5-18/h1,4-11,16-17,25,28H,12-15H2,2H3/t17?,25-/m1/s1. The fraction of sp³-hybridized carbons (Fsp3) is 0.280. The van der Waals surface area contributed by atoms with Crippen LogP contribution in [0.25, 0.3) is 0 Å². The Hall–Kier alpha value is -2.78. The van der Waals surface area contributed by atoms with Crippen LogP contribution in [-0.2, 0) is 0 Å². The lowest BCUT2D eigenvalue weighted by Gasteiger charge is -2.38. The van der Waals surface area contributed by atoms with Crippen LogP contribution < -0.4 is 5.32 Å². The number of amides is 1. The zero-order chi connectivity index (χ0) is 22.7. The van der Waals surface area contributed by atoms with E-state index in [1.165, 1.54) is 0 Å². The van der Waals surface area contributed by atoms with Gasteiger partial charge in [-0.3, -0.25) is 10.1 Å². The number of rotatable bonds is 5. The van der Waals surface area contributed by atoms with Crippen LogP contribution in [0.4, 0.5) is 0 Å². The van der Waals surface area contributed by atoms with E-state index in [0.717, 1.165) is 16.8 Å². The normalized spacial score (nSPS) is 18.9. The van der Waals surface area contributed by atoms with Crippen LogP contribution >= 0.6 is 23.2 Å². The minimum absolute atomic E-state index is 0.0123. The molecule has 0 radical (unpaired) electrons. The van der Waals surface area contributed by atoms with Gasteiger partial charge >= 0.3 is 0 Å². The average molecular weight is 467 g/mol. The monoisotopic (exact) mass is 466 g/mol. The Bertz CT molecular complexity index is 1090. The van der Waals surface area contributed by atoms with E-state index >= 15 is 0 Å². The fourth-order valence-electron chi connectivity index (χ4n) is 3.92. The zero-order valence-corrected chi connectivity index (χ0v) is 19.3. The van der Waals surface area contributed by atoms with Gasteiger partial charge in [-0.2, -0.15) is 0 Å². The molecule has 0 aromatic heterocycles. The van der Waals surface area contributed by atoms with Crippen LogP contribution in [0.2, 0.25) is 10.0 Å². The average Bonchev–Trinajstić information content (AvgIpc) is 2.79. The number of benzene rings is 2. The van der Waals surface area contributed by atoms with E-state index in [2.05, 4.69) is 18.2 Å². The summed E-state index contributed by atoms with van der Waals surface area (Å²) in [5.41, 5.74) is 3.78. The van der Waals surface area contributed by atoms with Crippen molar-refractivity contribution in [3.63, 3.8) is 0 Å². The summed E-state index contributed by atoms with van der Waals surface area (Å²) in [6.45, 7) is 3.62. The van der Waals surface area contributed by atoms with Gasteiger partial charge in [0.15, 0.2) is 6.29 Å². The van der Waals surface area contributed by atoms with Crippen molar-refractivity contribution in [3.8, 4) is 12.3 Å². The molecule has 1 amide bonds. The molecule has 4 rings (SSSR count). The molecule has 5 nitrogen and oxygen atoms in total. The Morgan fingerprint density at radius 2 is 1.84 bits per heavy atom. The number of nitrogens with one attached hydrogen (secondary N) is 1. The third kappa shape index (κ3) is 4.99. The van der Waals surface area contributed by atoms with Gasteiger partial charge in [-0.25, -0.2) is 4.99 Å². The summed E-state index contributed by atoms with van der Waals surface area (Å²) in [5, 5.41) is 4.87. The first-order valence-electron chi connectivity index (χ1n) is 10.5. The van der Waals surface area contributed by atoms with E-state index in [-0.39, 0.29) is 18.2 Å². The van der Waals surface area contributed by atoms with Gasteiger partial charge in [-0.05, 0) is 48.9 Å². The van der Waals surface area contributed by atoms with Gasteiger partial charge in [0, 0.05) is 58.6 Å². The molecule has 2 aliphatic heterocycles. The molecule has 2 atom stereocenters. The highest BCUT2D eigenvalue weighted by atomic mass is 35.5. The van der Waals surface area contributed by atoms with Gasteiger partial charge in [-0.15, -0.1) is 6.42 Å². The fourth-order valence-corrected chi connectivity index (χ4v) is 4.17. The van der Waals surface area contributed by atoms with Crippen molar-refractivity contribution < 1.29 is 4.79 Å². The van der Waals surface area contributed by atoms with E-state index in [0.29, 0.717) is 41.7 Å². The molecule has 164 valence electrons. The molecule has 32 heavy (non-hydrogen) atoms. The molecule has 7 heteroatoms. The van der Waals surface area contributed by atoms with Gasteiger partial charge in [0.25, 0.3) is 5.91 Å². The van der Waals surface area contributed by atoms with Gasteiger partial charge in [0.05, 0.1) is 6.54 Å². The maximum Gasteiger partial charge on any atom is 0.254 e. The number of hydrogen-bond donors (Lipinski definition) is 1. The Morgan fingerprint density at radius 3 is 2.50 bits per heavy atom. The Kier molecular flexibility index (Phi) is 6.86. The van der Waals surface area contributed by atoms with Gasteiger partial charge in [0.2, 0.25) is 0 Å². The molecule has 2 aliphatic rings. The number of nitrogens with zero attached hydrogens (tertiary/aromatic N) is 3. The van der Waals surface area contributed by atoms with Crippen LogP contribution in [-0.4, -0.2) is 47.3 Å². The molecule has 0 bridgehead atoms. The predicted octanol–water partition coefficient (Wildman–Crippen LogP) is 4.75. The van der Waals surface area contributed by atoms with Crippen molar-refractivity contribution in [1.29, 1.82) is 0 Å². The van der Waals surface area contributed by atoms with Crippen molar-refractivity contribution in [2.45, 2.75) is 25.7 Å². The molecule has 2 heterocycles. The molecule has 2 aromatic rings. The van der Waals surface area contributed by atoms with E-state index in [4.69, 9.17) is 34.6 Å². The quantitative estimate of drug-likeness (QED) is 0.646. The molecular weight excluding hydrogens is 443 g/mol. The van der Waals surface area contributed by atoms with Crippen LogP contribution in [0, 0.1) is 12.3 Å². The number of halogens is 2.